The number of benzene rings is 1. The molecule has 106 valence electrons. The van der Waals surface area contributed by atoms with Crippen molar-refractivity contribution >= 4 is 11.8 Å². The van der Waals surface area contributed by atoms with E-state index < -0.39 is 17.8 Å². The fraction of sp³-hybridized carbons (Fsp3) is 0.286. The summed E-state index contributed by atoms with van der Waals surface area (Å²) in [5, 5.41) is 4.80. The van der Waals surface area contributed by atoms with Gasteiger partial charge >= 0.3 is 0 Å². The second-order valence-corrected chi connectivity index (χ2v) is 4.01. The van der Waals surface area contributed by atoms with Crippen LogP contribution in [0, 0.1) is 17.7 Å². The lowest BCUT2D eigenvalue weighted by Gasteiger charge is -2.12. The average Bonchev–Trinajstić information content (AvgIpc) is 2.45. The van der Waals surface area contributed by atoms with Gasteiger partial charge in [-0.05, 0) is 25.1 Å². The van der Waals surface area contributed by atoms with Crippen LogP contribution in [-0.2, 0) is 4.79 Å². The van der Waals surface area contributed by atoms with Gasteiger partial charge in [-0.15, -0.1) is 0 Å². The van der Waals surface area contributed by atoms with Crippen LogP contribution in [0.4, 0.5) is 4.39 Å². The standard InChI is InChI=1S/C14H16FN3O2/c1-9(13(19)17-2)18-14(20)11-8-10(4-3-7-16)5-6-12(11)15/h5-6,8-9H,7,16H2,1-2H3,(H,17,19)(H,18,20). The lowest BCUT2D eigenvalue weighted by atomic mass is 10.1. The van der Waals surface area contributed by atoms with Gasteiger partial charge in [0, 0.05) is 12.6 Å². The first-order valence-electron chi connectivity index (χ1n) is 6.00. The highest BCUT2D eigenvalue weighted by molar-refractivity contribution is 5.97. The number of hydrogen-bond acceptors (Lipinski definition) is 3. The van der Waals surface area contributed by atoms with E-state index in [0.29, 0.717) is 5.56 Å². The molecule has 0 radical (unpaired) electrons. The maximum absolute atomic E-state index is 13.6. The second kappa shape index (κ2) is 7.26. The molecule has 1 unspecified atom stereocenters. The molecule has 0 heterocycles. The summed E-state index contributed by atoms with van der Waals surface area (Å²) < 4.78 is 13.6. The Balaban J connectivity index is 2.94. The zero-order chi connectivity index (χ0) is 15.1. The highest BCUT2D eigenvalue weighted by Crippen LogP contribution is 2.10. The van der Waals surface area contributed by atoms with Gasteiger partial charge in [0.15, 0.2) is 0 Å². The Bertz CT molecular complexity index is 576. The monoisotopic (exact) mass is 277 g/mol. The van der Waals surface area contributed by atoms with E-state index in [1.165, 1.54) is 26.1 Å². The van der Waals surface area contributed by atoms with Crippen molar-refractivity contribution in [3.63, 3.8) is 0 Å². The van der Waals surface area contributed by atoms with Crippen molar-refractivity contribution in [1.82, 2.24) is 10.6 Å². The Kier molecular flexibility index (Phi) is 5.69. The molecule has 0 spiro atoms. The van der Waals surface area contributed by atoms with Crippen molar-refractivity contribution in [2.45, 2.75) is 13.0 Å². The van der Waals surface area contributed by atoms with E-state index in [9.17, 15) is 14.0 Å². The number of likely N-dealkylation sites (N-methyl/N-ethyl adjacent to an activating group) is 1. The van der Waals surface area contributed by atoms with Crippen LogP contribution in [0.5, 0.6) is 0 Å². The number of amides is 2. The SMILES string of the molecule is CNC(=O)C(C)NC(=O)c1cc(C#CCN)ccc1F. The van der Waals surface area contributed by atoms with Gasteiger partial charge in [0.25, 0.3) is 5.91 Å². The van der Waals surface area contributed by atoms with E-state index in [1.807, 2.05) is 0 Å². The van der Waals surface area contributed by atoms with E-state index in [0.717, 1.165) is 6.07 Å². The van der Waals surface area contributed by atoms with E-state index in [1.54, 1.807) is 0 Å². The van der Waals surface area contributed by atoms with Crippen molar-refractivity contribution in [3.8, 4) is 11.8 Å². The molecule has 1 rings (SSSR count). The molecule has 2 amide bonds. The van der Waals surface area contributed by atoms with Crippen LogP contribution in [0.3, 0.4) is 0 Å². The molecule has 5 nitrogen and oxygen atoms in total. The topological polar surface area (TPSA) is 84.2 Å². The summed E-state index contributed by atoms with van der Waals surface area (Å²) in [5.41, 5.74) is 5.57. The van der Waals surface area contributed by atoms with Gasteiger partial charge < -0.3 is 16.4 Å². The van der Waals surface area contributed by atoms with Gasteiger partial charge in [0.1, 0.15) is 11.9 Å². The van der Waals surface area contributed by atoms with Gasteiger partial charge in [-0.3, -0.25) is 9.59 Å². The molecule has 6 heteroatoms. The number of hydrogen-bond donors (Lipinski definition) is 3. The third-order valence-corrected chi connectivity index (χ3v) is 2.53. The molecule has 0 bridgehead atoms. The third-order valence-electron chi connectivity index (χ3n) is 2.53. The number of carbonyl (C=O) groups excluding carboxylic acids is 2. The van der Waals surface area contributed by atoms with E-state index >= 15 is 0 Å². The Hall–Kier alpha value is -2.39. The summed E-state index contributed by atoms with van der Waals surface area (Å²) in [4.78, 5) is 23.2. The van der Waals surface area contributed by atoms with Crippen LogP contribution in [0.2, 0.25) is 0 Å². The van der Waals surface area contributed by atoms with Crippen LogP contribution in [0.15, 0.2) is 18.2 Å². The summed E-state index contributed by atoms with van der Waals surface area (Å²) in [6.45, 7) is 1.68. The third kappa shape index (κ3) is 4.07. The molecule has 0 aromatic heterocycles. The van der Waals surface area contributed by atoms with Crippen LogP contribution in [-0.4, -0.2) is 31.4 Å². The highest BCUT2D eigenvalue weighted by atomic mass is 19.1. The normalized spacial score (nSPS) is 11.0. The molecule has 0 aliphatic heterocycles. The summed E-state index contributed by atoms with van der Waals surface area (Å²) in [7, 11) is 1.45. The van der Waals surface area contributed by atoms with Crippen molar-refractivity contribution in [3.05, 3.63) is 35.1 Å². The molecule has 0 fully saturated rings. The maximum Gasteiger partial charge on any atom is 0.254 e. The van der Waals surface area contributed by atoms with Crippen molar-refractivity contribution in [1.29, 1.82) is 0 Å². The van der Waals surface area contributed by atoms with E-state index in [-0.39, 0.29) is 18.0 Å². The number of nitrogens with one attached hydrogen (secondary N) is 2. The molecule has 20 heavy (non-hydrogen) atoms. The molecule has 1 aromatic carbocycles. The summed E-state index contributed by atoms with van der Waals surface area (Å²) in [5.74, 6) is 3.62. The number of carbonyl (C=O) groups is 2. The minimum atomic E-state index is -0.759. The van der Waals surface area contributed by atoms with Crippen LogP contribution in [0.1, 0.15) is 22.8 Å². The van der Waals surface area contributed by atoms with Gasteiger partial charge in [-0.1, -0.05) is 11.8 Å². The quantitative estimate of drug-likeness (QED) is 0.680. The molecule has 0 aliphatic carbocycles. The predicted molar refractivity (Wildman–Crippen MR) is 73.3 cm³/mol. The second-order valence-electron chi connectivity index (χ2n) is 4.01. The number of nitrogens with two attached hydrogens (primary N) is 1. The zero-order valence-corrected chi connectivity index (χ0v) is 11.3. The molecule has 1 atom stereocenters. The summed E-state index contributed by atoms with van der Waals surface area (Å²) in [6.07, 6.45) is 0. The van der Waals surface area contributed by atoms with Gasteiger partial charge in [0.2, 0.25) is 5.91 Å². The molecular formula is C14H16FN3O2. The van der Waals surface area contributed by atoms with Crippen LogP contribution < -0.4 is 16.4 Å². The van der Waals surface area contributed by atoms with Crippen LogP contribution >= 0.6 is 0 Å². The first kappa shape index (κ1) is 15.7. The molecule has 0 aliphatic rings. The fourth-order valence-corrected chi connectivity index (χ4v) is 1.49. The first-order valence-corrected chi connectivity index (χ1v) is 6.00. The largest absolute Gasteiger partial charge is 0.357 e. The Morgan fingerprint density at radius 2 is 2.15 bits per heavy atom. The van der Waals surface area contributed by atoms with E-state index in [4.69, 9.17) is 5.73 Å². The average molecular weight is 277 g/mol. The fourth-order valence-electron chi connectivity index (χ4n) is 1.49. The lowest BCUT2D eigenvalue weighted by molar-refractivity contribution is -0.122. The van der Waals surface area contributed by atoms with E-state index in [2.05, 4.69) is 22.5 Å². The Morgan fingerprint density at radius 3 is 2.75 bits per heavy atom. The molecule has 4 N–H and O–H groups in total. The first-order chi connectivity index (χ1) is 9.49. The highest BCUT2D eigenvalue weighted by Gasteiger charge is 2.18. The van der Waals surface area contributed by atoms with Crippen LogP contribution in [0.25, 0.3) is 0 Å². The van der Waals surface area contributed by atoms with Gasteiger partial charge in [-0.2, -0.15) is 0 Å². The number of halogens is 1. The van der Waals surface area contributed by atoms with Crippen molar-refractivity contribution < 1.29 is 14.0 Å². The minimum absolute atomic E-state index is 0.162. The van der Waals surface area contributed by atoms with Crippen molar-refractivity contribution in [2.75, 3.05) is 13.6 Å². The van der Waals surface area contributed by atoms with Gasteiger partial charge in [-0.25, -0.2) is 4.39 Å². The molecule has 1 aromatic rings. The molecule has 0 saturated heterocycles. The minimum Gasteiger partial charge on any atom is -0.357 e. The van der Waals surface area contributed by atoms with Gasteiger partial charge in [0.05, 0.1) is 12.1 Å². The smallest absolute Gasteiger partial charge is 0.254 e. The summed E-state index contributed by atoms with van der Waals surface area (Å²) >= 11 is 0. The Labute approximate surface area is 116 Å². The predicted octanol–water partition coefficient (Wildman–Crippen LogP) is 0.000200. The zero-order valence-electron chi connectivity index (χ0n) is 11.3. The Morgan fingerprint density at radius 1 is 1.45 bits per heavy atom. The lowest BCUT2D eigenvalue weighted by Crippen LogP contribution is -2.43. The molecule has 0 saturated carbocycles. The van der Waals surface area contributed by atoms with Crippen molar-refractivity contribution in [2.24, 2.45) is 5.73 Å². The molecular weight excluding hydrogens is 261 g/mol. The number of rotatable bonds is 3. The summed E-state index contributed by atoms with van der Waals surface area (Å²) in [6, 6.07) is 3.17. The maximum atomic E-state index is 13.6.